The van der Waals surface area contributed by atoms with Crippen molar-refractivity contribution in [1.82, 2.24) is 25.1 Å². The average Bonchev–Trinajstić information content (AvgIpc) is 3.62. The van der Waals surface area contributed by atoms with Crippen LogP contribution in [-0.2, 0) is 9.53 Å². The largest absolute Gasteiger partial charge is 0.469 e. The van der Waals surface area contributed by atoms with E-state index in [4.69, 9.17) is 4.74 Å². The molecule has 0 saturated heterocycles. The lowest BCUT2D eigenvalue weighted by Gasteiger charge is -2.56. The number of nitrogens with one attached hydrogen (secondary N) is 1. The molecule has 0 unspecified atom stereocenters. The van der Waals surface area contributed by atoms with Crippen LogP contribution in [0.3, 0.4) is 0 Å². The molecule has 190 valence electrons. The number of carbonyl (C=O) groups is 2. The second-order valence-electron chi connectivity index (χ2n) is 10.9. The average molecular weight is 498 g/mol. The van der Waals surface area contributed by atoms with Crippen molar-refractivity contribution >= 4 is 22.8 Å². The highest BCUT2D eigenvalue weighted by molar-refractivity contribution is 6.07. The maximum Gasteiger partial charge on any atom is 0.308 e. The number of nitrogens with zero attached hydrogens (tertiary/aromatic N) is 4. The van der Waals surface area contributed by atoms with E-state index >= 15 is 0 Å². The molecule has 6 rings (SSSR count). The van der Waals surface area contributed by atoms with E-state index in [0.717, 1.165) is 42.1 Å². The summed E-state index contributed by atoms with van der Waals surface area (Å²) in [5.74, 6) is 7.12. The molecular formula is C29H31N5O3. The van der Waals surface area contributed by atoms with Crippen LogP contribution in [-0.4, -0.2) is 44.8 Å². The van der Waals surface area contributed by atoms with Gasteiger partial charge in [-0.15, -0.1) is 5.92 Å². The fraction of sp³-hybridized carbons (Fsp3) is 0.483. The number of benzene rings is 1. The molecular weight excluding hydrogens is 466 g/mol. The van der Waals surface area contributed by atoms with Crippen LogP contribution < -0.4 is 5.32 Å². The van der Waals surface area contributed by atoms with Crippen molar-refractivity contribution in [2.75, 3.05) is 7.11 Å². The minimum absolute atomic E-state index is 0.00453. The minimum Gasteiger partial charge on any atom is -0.469 e. The molecule has 8 heteroatoms. The Labute approximate surface area is 216 Å². The third-order valence-electron chi connectivity index (χ3n) is 8.33. The first kappa shape index (κ1) is 23.7. The number of hydrogen-bond donors (Lipinski definition) is 1. The molecule has 3 fully saturated rings. The van der Waals surface area contributed by atoms with Gasteiger partial charge in [0, 0.05) is 29.4 Å². The van der Waals surface area contributed by atoms with Crippen molar-refractivity contribution in [2.45, 2.75) is 70.4 Å². The second kappa shape index (κ2) is 8.98. The number of hydrogen-bond acceptors (Lipinski definition) is 6. The van der Waals surface area contributed by atoms with E-state index in [1.807, 2.05) is 36.1 Å². The third kappa shape index (κ3) is 4.16. The fourth-order valence-corrected chi connectivity index (χ4v) is 6.19. The minimum atomic E-state index is -0.251. The number of esters is 1. The van der Waals surface area contributed by atoms with Gasteiger partial charge in [0.1, 0.15) is 6.04 Å². The van der Waals surface area contributed by atoms with Gasteiger partial charge < -0.3 is 10.1 Å². The first-order chi connectivity index (χ1) is 17.9. The third-order valence-corrected chi connectivity index (χ3v) is 8.33. The molecule has 1 N–H and O–H groups in total. The fourth-order valence-electron chi connectivity index (χ4n) is 6.19. The summed E-state index contributed by atoms with van der Waals surface area (Å²) in [6, 6.07) is 3.58. The van der Waals surface area contributed by atoms with E-state index in [1.165, 1.54) is 25.5 Å². The van der Waals surface area contributed by atoms with Crippen LogP contribution in [0.5, 0.6) is 0 Å². The Bertz CT molecular complexity index is 1430. The number of rotatable bonds is 6. The normalized spacial score (nSPS) is 24.9. The summed E-state index contributed by atoms with van der Waals surface area (Å²) in [4.78, 5) is 34.5. The van der Waals surface area contributed by atoms with E-state index in [2.05, 4.69) is 32.2 Å². The van der Waals surface area contributed by atoms with Crippen LogP contribution in [0, 0.1) is 23.2 Å². The maximum absolute atomic E-state index is 13.5. The quantitative estimate of drug-likeness (QED) is 0.406. The molecule has 3 saturated carbocycles. The van der Waals surface area contributed by atoms with E-state index in [0.29, 0.717) is 17.3 Å². The molecule has 2 aromatic heterocycles. The summed E-state index contributed by atoms with van der Waals surface area (Å²) in [5.41, 5.74) is 3.50. The van der Waals surface area contributed by atoms with Gasteiger partial charge >= 0.3 is 5.97 Å². The van der Waals surface area contributed by atoms with Gasteiger partial charge in [-0.1, -0.05) is 5.92 Å². The second-order valence-corrected chi connectivity index (χ2v) is 10.9. The molecule has 0 radical (unpaired) electrons. The lowest BCUT2D eigenvalue weighted by Crippen LogP contribution is -2.57. The van der Waals surface area contributed by atoms with E-state index in [9.17, 15) is 9.59 Å². The molecule has 0 aliphatic heterocycles. The number of fused-ring (bicyclic) bond motifs is 1. The van der Waals surface area contributed by atoms with E-state index in [-0.39, 0.29) is 35.3 Å². The molecule has 1 spiro atoms. The van der Waals surface area contributed by atoms with Crippen molar-refractivity contribution in [3.05, 3.63) is 53.2 Å². The summed E-state index contributed by atoms with van der Waals surface area (Å²) in [6.45, 7) is 3.80. The monoisotopic (exact) mass is 497 g/mol. The number of aromatic nitrogens is 4. The van der Waals surface area contributed by atoms with Crippen molar-refractivity contribution in [2.24, 2.45) is 11.3 Å². The SMILES string of the molecule is CC#Cc1ccc(C(=O)NC2CC3(C2)CC(C(=O)OC)C3)c2c1cnn2[C@H](C)c1ncc(C2CC2)cn1. The smallest absolute Gasteiger partial charge is 0.308 e. The Morgan fingerprint density at radius 2 is 1.86 bits per heavy atom. The van der Waals surface area contributed by atoms with Gasteiger partial charge in [0.2, 0.25) is 0 Å². The molecule has 0 bridgehead atoms. The van der Waals surface area contributed by atoms with Crippen LogP contribution in [0.1, 0.15) is 91.6 Å². The summed E-state index contributed by atoms with van der Waals surface area (Å²) in [7, 11) is 1.44. The van der Waals surface area contributed by atoms with Gasteiger partial charge in [-0.2, -0.15) is 5.10 Å². The molecule has 2 heterocycles. The zero-order chi connectivity index (χ0) is 25.7. The van der Waals surface area contributed by atoms with Gasteiger partial charge in [-0.05, 0) is 81.4 Å². The molecule has 8 nitrogen and oxygen atoms in total. The number of methoxy groups -OCH3 is 1. The van der Waals surface area contributed by atoms with Gasteiger partial charge in [0.25, 0.3) is 5.91 Å². The van der Waals surface area contributed by atoms with Crippen molar-refractivity contribution in [3.8, 4) is 11.8 Å². The lowest BCUT2D eigenvalue weighted by atomic mass is 9.50. The molecule has 1 amide bonds. The Balaban J connectivity index is 1.24. The lowest BCUT2D eigenvalue weighted by molar-refractivity contribution is -0.159. The van der Waals surface area contributed by atoms with Crippen LogP contribution in [0.15, 0.2) is 30.7 Å². The molecule has 3 aliphatic rings. The standard InChI is InChI=1S/C29H31N5O3/c1-4-5-19-8-9-23(27(35)33-22-12-29(13-22)10-20(11-29)28(36)37-3)25-24(19)16-32-34(25)17(2)26-30-14-21(15-31-26)18-6-7-18/h8-9,14-18,20,22H,6-7,10-13H2,1-3H3,(H,33,35)/t17-,20?,22?,29?/m1/s1. The highest BCUT2D eigenvalue weighted by atomic mass is 16.5. The number of carbonyl (C=O) groups excluding carboxylic acids is 2. The molecule has 1 atom stereocenters. The summed E-state index contributed by atoms with van der Waals surface area (Å²) in [5, 5.41) is 8.72. The topological polar surface area (TPSA) is 99.0 Å². The first-order valence-electron chi connectivity index (χ1n) is 13.0. The zero-order valence-corrected chi connectivity index (χ0v) is 21.5. The van der Waals surface area contributed by atoms with Gasteiger partial charge in [-0.3, -0.25) is 14.3 Å². The van der Waals surface area contributed by atoms with Gasteiger partial charge in [0.15, 0.2) is 5.82 Å². The van der Waals surface area contributed by atoms with Crippen molar-refractivity contribution < 1.29 is 14.3 Å². The molecule has 1 aromatic carbocycles. The predicted octanol–water partition coefficient (Wildman–Crippen LogP) is 4.15. The summed E-state index contributed by atoms with van der Waals surface area (Å²) in [6.07, 6.45) is 11.5. The van der Waals surface area contributed by atoms with Gasteiger partial charge in [-0.25, -0.2) is 9.97 Å². The Morgan fingerprint density at radius 1 is 1.14 bits per heavy atom. The first-order valence-corrected chi connectivity index (χ1v) is 13.0. The highest BCUT2D eigenvalue weighted by Gasteiger charge is 2.55. The Morgan fingerprint density at radius 3 is 2.51 bits per heavy atom. The van der Waals surface area contributed by atoms with Crippen molar-refractivity contribution in [1.29, 1.82) is 0 Å². The van der Waals surface area contributed by atoms with Crippen LogP contribution >= 0.6 is 0 Å². The Kier molecular flexibility index (Phi) is 5.74. The number of ether oxygens (including phenoxy) is 1. The van der Waals surface area contributed by atoms with Crippen LogP contribution in [0.2, 0.25) is 0 Å². The van der Waals surface area contributed by atoms with Gasteiger partial charge in [0.05, 0.1) is 30.3 Å². The molecule has 3 aromatic rings. The predicted molar refractivity (Wildman–Crippen MR) is 138 cm³/mol. The summed E-state index contributed by atoms with van der Waals surface area (Å²) >= 11 is 0. The molecule has 3 aliphatic carbocycles. The Hall–Kier alpha value is -3.73. The summed E-state index contributed by atoms with van der Waals surface area (Å²) < 4.78 is 6.71. The van der Waals surface area contributed by atoms with Crippen LogP contribution in [0.25, 0.3) is 10.9 Å². The zero-order valence-electron chi connectivity index (χ0n) is 21.5. The van der Waals surface area contributed by atoms with E-state index < -0.39 is 0 Å². The molecule has 37 heavy (non-hydrogen) atoms. The maximum atomic E-state index is 13.5. The highest BCUT2D eigenvalue weighted by Crippen LogP contribution is 2.59. The van der Waals surface area contributed by atoms with Crippen LogP contribution in [0.4, 0.5) is 0 Å². The van der Waals surface area contributed by atoms with Crippen molar-refractivity contribution in [3.63, 3.8) is 0 Å². The number of amides is 1. The van der Waals surface area contributed by atoms with E-state index in [1.54, 1.807) is 13.1 Å².